The molecule has 33 heavy (non-hydrogen) atoms. The summed E-state index contributed by atoms with van der Waals surface area (Å²) < 4.78 is 0. The lowest BCUT2D eigenvalue weighted by Crippen LogP contribution is -2.20. The fourth-order valence-electron chi connectivity index (χ4n) is 3.60. The number of rotatable bonds is 6. The first-order chi connectivity index (χ1) is 15.6. The highest BCUT2D eigenvalue weighted by Crippen LogP contribution is 2.30. The fraction of sp³-hybridized carbons (Fsp3) is 0.172. The number of pyridine rings is 1. The Morgan fingerprint density at radius 1 is 1.03 bits per heavy atom. The zero-order chi connectivity index (χ0) is 24.2. The number of ketones is 1. The van der Waals surface area contributed by atoms with Gasteiger partial charge in [0.2, 0.25) is 0 Å². The molecule has 0 aliphatic carbocycles. The van der Waals surface area contributed by atoms with E-state index in [4.69, 9.17) is 11.6 Å². The van der Waals surface area contributed by atoms with Crippen molar-refractivity contribution in [1.29, 1.82) is 0 Å². The maximum Gasteiger partial charge on any atom is 0.260 e. The van der Waals surface area contributed by atoms with Crippen molar-refractivity contribution in [2.45, 2.75) is 33.1 Å². The predicted octanol–water partition coefficient (Wildman–Crippen LogP) is 7.31. The normalized spacial score (nSPS) is 12.2. The summed E-state index contributed by atoms with van der Waals surface area (Å²) in [6.45, 7) is 11.9. The summed E-state index contributed by atoms with van der Waals surface area (Å²) in [5.41, 5.74) is 4.40. The molecule has 3 rings (SSSR count). The van der Waals surface area contributed by atoms with Crippen LogP contribution in [0.3, 0.4) is 0 Å². The fourth-order valence-corrected chi connectivity index (χ4v) is 3.71. The molecule has 3 aromatic rings. The third kappa shape index (κ3) is 5.68. The number of aryl methyl sites for hydroxylation is 1. The SMILES string of the molecule is C=C/C(Cl)=C\c1c(C)[nH]c(=O)c(C(=O)/C=C/c2ccc(C(C)(C)C)cc2)c1-c1ccccc1. The standard InChI is InChI=1S/C29H28ClNO2/c1-6-23(30)18-24-19(2)31-28(33)27(26(24)21-10-8-7-9-11-21)25(32)17-14-20-12-15-22(16-13-20)29(3,4)5/h6-18H,1H2,2-5H3,(H,31,33)/b17-14+,23-18+. The van der Waals surface area contributed by atoms with Gasteiger partial charge < -0.3 is 4.98 Å². The quantitative estimate of drug-likeness (QED) is 0.239. The smallest absolute Gasteiger partial charge is 0.260 e. The third-order valence-electron chi connectivity index (χ3n) is 5.44. The van der Waals surface area contributed by atoms with Crippen LogP contribution >= 0.6 is 11.6 Å². The lowest BCUT2D eigenvalue weighted by atomic mass is 9.86. The topological polar surface area (TPSA) is 49.9 Å². The molecule has 0 saturated carbocycles. The van der Waals surface area contributed by atoms with Crippen molar-refractivity contribution in [2.24, 2.45) is 0 Å². The van der Waals surface area contributed by atoms with E-state index < -0.39 is 5.56 Å². The minimum atomic E-state index is -0.434. The molecule has 0 unspecified atom stereocenters. The highest BCUT2D eigenvalue weighted by Gasteiger charge is 2.21. The minimum Gasteiger partial charge on any atom is -0.325 e. The Balaban J connectivity index is 2.13. The van der Waals surface area contributed by atoms with E-state index in [0.29, 0.717) is 21.9 Å². The van der Waals surface area contributed by atoms with Crippen molar-refractivity contribution in [3.63, 3.8) is 0 Å². The lowest BCUT2D eigenvalue weighted by molar-refractivity contribution is 0.104. The van der Waals surface area contributed by atoms with Crippen LogP contribution in [0.2, 0.25) is 0 Å². The number of hydrogen-bond donors (Lipinski definition) is 1. The summed E-state index contributed by atoms with van der Waals surface area (Å²) in [5.74, 6) is -0.376. The van der Waals surface area contributed by atoms with E-state index in [1.165, 1.54) is 17.7 Å². The van der Waals surface area contributed by atoms with Crippen LogP contribution < -0.4 is 5.56 Å². The van der Waals surface area contributed by atoms with Crippen molar-refractivity contribution in [3.8, 4) is 11.1 Å². The Labute approximate surface area is 200 Å². The van der Waals surface area contributed by atoms with E-state index in [9.17, 15) is 9.59 Å². The third-order valence-corrected chi connectivity index (χ3v) is 5.70. The molecule has 0 bridgehead atoms. The molecular weight excluding hydrogens is 430 g/mol. The molecular formula is C29H28ClNO2. The van der Waals surface area contributed by atoms with Gasteiger partial charge in [-0.3, -0.25) is 9.59 Å². The molecule has 0 atom stereocenters. The van der Waals surface area contributed by atoms with Gasteiger partial charge in [-0.15, -0.1) is 0 Å². The minimum absolute atomic E-state index is 0.0501. The first-order valence-corrected chi connectivity index (χ1v) is 11.1. The van der Waals surface area contributed by atoms with Gasteiger partial charge >= 0.3 is 0 Å². The second-order valence-electron chi connectivity index (χ2n) is 8.91. The molecule has 0 radical (unpaired) electrons. The monoisotopic (exact) mass is 457 g/mol. The van der Waals surface area contributed by atoms with Gasteiger partial charge in [0.05, 0.1) is 5.56 Å². The number of H-pyrrole nitrogens is 1. The first-order valence-electron chi connectivity index (χ1n) is 10.8. The molecule has 3 nitrogen and oxygen atoms in total. The van der Waals surface area contributed by atoms with E-state index in [1.807, 2.05) is 42.5 Å². The molecule has 0 spiro atoms. The molecule has 0 amide bonds. The number of carbonyl (C=O) groups excluding carboxylic acids is 1. The summed E-state index contributed by atoms with van der Waals surface area (Å²) >= 11 is 6.24. The lowest BCUT2D eigenvalue weighted by Gasteiger charge is -2.18. The number of aromatic nitrogens is 1. The van der Waals surface area contributed by atoms with Crippen molar-refractivity contribution in [3.05, 3.63) is 117 Å². The van der Waals surface area contributed by atoms with Gasteiger partial charge in [-0.1, -0.05) is 106 Å². The average Bonchev–Trinajstić information content (AvgIpc) is 2.79. The van der Waals surface area contributed by atoms with Crippen molar-refractivity contribution in [2.75, 3.05) is 0 Å². The van der Waals surface area contributed by atoms with E-state index in [2.05, 4.69) is 44.5 Å². The van der Waals surface area contributed by atoms with Crippen molar-refractivity contribution in [1.82, 2.24) is 4.98 Å². The number of benzene rings is 2. The Morgan fingerprint density at radius 2 is 1.67 bits per heavy atom. The van der Waals surface area contributed by atoms with Gasteiger partial charge in [0, 0.05) is 21.9 Å². The summed E-state index contributed by atoms with van der Waals surface area (Å²) in [6.07, 6.45) is 6.41. The molecule has 0 saturated heterocycles. The van der Waals surface area contributed by atoms with Crippen molar-refractivity contribution >= 4 is 29.5 Å². The summed E-state index contributed by atoms with van der Waals surface area (Å²) in [7, 11) is 0. The number of carbonyl (C=O) groups is 1. The van der Waals surface area contributed by atoms with Crippen LogP contribution in [0.25, 0.3) is 23.3 Å². The highest BCUT2D eigenvalue weighted by molar-refractivity contribution is 6.33. The zero-order valence-corrected chi connectivity index (χ0v) is 20.2. The first kappa shape index (κ1) is 24.2. The Kier molecular flexibility index (Phi) is 7.35. The van der Waals surface area contributed by atoms with E-state index in [1.54, 1.807) is 19.1 Å². The van der Waals surface area contributed by atoms with Crippen LogP contribution in [-0.2, 0) is 5.41 Å². The van der Waals surface area contributed by atoms with Crippen LogP contribution in [0, 0.1) is 6.92 Å². The van der Waals surface area contributed by atoms with Crippen LogP contribution in [0.15, 0.2) is 83.2 Å². The van der Waals surface area contributed by atoms with Crippen LogP contribution in [0.5, 0.6) is 0 Å². The molecule has 0 aliphatic rings. The second kappa shape index (κ2) is 10.0. The highest BCUT2D eigenvalue weighted by atomic mass is 35.5. The largest absolute Gasteiger partial charge is 0.325 e. The second-order valence-corrected chi connectivity index (χ2v) is 9.35. The molecule has 1 aromatic heterocycles. The molecule has 2 aromatic carbocycles. The number of halogens is 1. The van der Waals surface area contributed by atoms with Gasteiger partial charge in [0.15, 0.2) is 5.78 Å². The maximum atomic E-state index is 13.3. The van der Waals surface area contributed by atoms with Gasteiger partial charge in [0.25, 0.3) is 5.56 Å². The van der Waals surface area contributed by atoms with Gasteiger partial charge in [-0.05, 0) is 41.2 Å². The van der Waals surface area contributed by atoms with Crippen LogP contribution in [0.4, 0.5) is 0 Å². The maximum absolute atomic E-state index is 13.3. The zero-order valence-electron chi connectivity index (χ0n) is 19.4. The van der Waals surface area contributed by atoms with Gasteiger partial charge in [-0.2, -0.15) is 0 Å². The Bertz CT molecular complexity index is 1290. The van der Waals surface area contributed by atoms with Crippen LogP contribution in [0.1, 0.15) is 53.5 Å². The van der Waals surface area contributed by atoms with Crippen molar-refractivity contribution < 1.29 is 4.79 Å². The Morgan fingerprint density at radius 3 is 2.24 bits per heavy atom. The molecule has 1 heterocycles. The molecule has 4 heteroatoms. The Hall–Kier alpha value is -3.43. The summed E-state index contributed by atoms with van der Waals surface area (Å²) in [4.78, 5) is 29.1. The van der Waals surface area contributed by atoms with E-state index in [0.717, 1.165) is 11.1 Å². The molecule has 168 valence electrons. The molecule has 1 N–H and O–H groups in total. The predicted molar refractivity (Wildman–Crippen MR) is 140 cm³/mol. The average molecular weight is 458 g/mol. The van der Waals surface area contributed by atoms with E-state index >= 15 is 0 Å². The number of hydrogen-bond acceptors (Lipinski definition) is 2. The van der Waals surface area contributed by atoms with Crippen LogP contribution in [-0.4, -0.2) is 10.8 Å². The molecule has 0 aliphatic heterocycles. The summed E-state index contributed by atoms with van der Waals surface area (Å²) in [5, 5.41) is 0.412. The van der Waals surface area contributed by atoms with E-state index in [-0.39, 0.29) is 16.8 Å². The molecule has 0 fully saturated rings. The number of aromatic amines is 1. The summed E-state index contributed by atoms with van der Waals surface area (Å²) in [6, 6.07) is 17.4. The number of allylic oxidation sites excluding steroid dienone is 3. The van der Waals surface area contributed by atoms with Gasteiger partial charge in [0.1, 0.15) is 0 Å². The number of nitrogens with one attached hydrogen (secondary N) is 1. The van der Waals surface area contributed by atoms with Gasteiger partial charge in [-0.25, -0.2) is 0 Å².